The van der Waals surface area contributed by atoms with Gasteiger partial charge in [0.15, 0.2) is 0 Å². The third-order valence-electron chi connectivity index (χ3n) is 9.44. The first-order chi connectivity index (χ1) is 23.3. The van der Waals surface area contributed by atoms with E-state index in [2.05, 4.69) is 53.2 Å². The molecular formula is C39H44F3N3O3. The Hall–Kier alpha value is -3.76. The Kier molecular flexibility index (Phi) is 11.4. The molecule has 2 aliphatic heterocycles. The molecule has 0 amide bonds. The topological polar surface area (TPSA) is 47.1 Å². The van der Waals surface area contributed by atoms with Crippen LogP contribution in [-0.4, -0.2) is 60.4 Å². The molecule has 0 bridgehead atoms. The third kappa shape index (κ3) is 8.82. The number of piperidine rings is 2. The maximum Gasteiger partial charge on any atom is 0.419 e. The van der Waals surface area contributed by atoms with Crippen LogP contribution in [0.2, 0.25) is 0 Å². The summed E-state index contributed by atoms with van der Waals surface area (Å²) in [6.45, 7) is 5.83. The summed E-state index contributed by atoms with van der Waals surface area (Å²) in [5.74, 6) is 0.166. The molecule has 2 fully saturated rings. The minimum atomic E-state index is -4.46. The highest BCUT2D eigenvalue weighted by Gasteiger charge is 2.45. The van der Waals surface area contributed by atoms with E-state index in [0.29, 0.717) is 46.0 Å². The summed E-state index contributed by atoms with van der Waals surface area (Å²) in [6, 6.07) is 32.8. The van der Waals surface area contributed by atoms with Gasteiger partial charge in [-0.25, -0.2) is 4.98 Å². The molecule has 0 saturated carbocycles. The van der Waals surface area contributed by atoms with Gasteiger partial charge < -0.3 is 19.1 Å². The Balaban J connectivity index is 1.23. The molecule has 1 aromatic heterocycles. The average Bonchev–Trinajstić information content (AvgIpc) is 3.11. The molecule has 0 radical (unpaired) electrons. The summed E-state index contributed by atoms with van der Waals surface area (Å²) >= 11 is 0. The van der Waals surface area contributed by atoms with Crippen LogP contribution >= 0.6 is 0 Å². The zero-order valence-corrected chi connectivity index (χ0v) is 27.3. The van der Waals surface area contributed by atoms with Crippen LogP contribution in [0.5, 0.6) is 0 Å². The van der Waals surface area contributed by atoms with Crippen molar-refractivity contribution in [1.82, 2.24) is 9.88 Å². The van der Waals surface area contributed by atoms with E-state index >= 15 is 0 Å². The van der Waals surface area contributed by atoms with Crippen LogP contribution in [0.15, 0.2) is 109 Å². The van der Waals surface area contributed by atoms with Crippen molar-refractivity contribution in [2.45, 2.75) is 70.1 Å². The number of benzene rings is 3. The number of ether oxygens (including phenoxy) is 3. The SMILES string of the molecule is C[C@@H]1[C@@H](OCc2ccccc2)[C@H](OCc2ccccc2)[C@@H](OCc2ccccc2)CN1CC1CCCN(c2ncccc2C(F)(F)F)C1. The van der Waals surface area contributed by atoms with E-state index in [1.54, 1.807) is 0 Å². The van der Waals surface area contributed by atoms with E-state index in [4.69, 9.17) is 14.2 Å². The molecule has 48 heavy (non-hydrogen) atoms. The monoisotopic (exact) mass is 659 g/mol. The minimum absolute atomic E-state index is 0.0175. The number of hydrogen-bond acceptors (Lipinski definition) is 6. The Labute approximate surface area is 281 Å². The summed E-state index contributed by atoms with van der Waals surface area (Å²) in [5.41, 5.74) is 2.54. The number of pyridine rings is 1. The van der Waals surface area contributed by atoms with E-state index in [-0.39, 0.29) is 36.1 Å². The van der Waals surface area contributed by atoms with Crippen LogP contribution in [0.4, 0.5) is 19.0 Å². The van der Waals surface area contributed by atoms with Gasteiger partial charge >= 0.3 is 6.18 Å². The first-order valence-corrected chi connectivity index (χ1v) is 16.8. The summed E-state index contributed by atoms with van der Waals surface area (Å²) < 4.78 is 61.8. The number of alkyl halides is 3. The first kappa shape index (κ1) is 34.1. The highest BCUT2D eigenvalue weighted by Crippen LogP contribution is 2.37. The minimum Gasteiger partial charge on any atom is -0.369 e. The number of rotatable bonds is 12. The fourth-order valence-corrected chi connectivity index (χ4v) is 6.94. The molecular weight excluding hydrogens is 615 g/mol. The molecule has 2 aliphatic rings. The van der Waals surface area contributed by atoms with E-state index in [0.717, 1.165) is 35.6 Å². The fourth-order valence-electron chi connectivity index (χ4n) is 6.94. The second-order valence-electron chi connectivity index (χ2n) is 12.9. The van der Waals surface area contributed by atoms with Gasteiger partial charge in [-0.3, -0.25) is 4.90 Å². The quantitative estimate of drug-likeness (QED) is 0.155. The van der Waals surface area contributed by atoms with E-state index in [9.17, 15) is 13.2 Å². The maximum absolute atomic E-state index is 13.9. The predicted molar refractivity (Wildman–Crippen MR) is 180 cm³/mol. The van der Waals surface area contributed by atoms with Crippen LogP contribution in [0, 0.1) is 5.92 Å². The van der Waals surface area contributed by atoms with Gasteiger partial charge in [-0.1, -0.05) is 91.0 Å². The van der Waals surface area contributed by atoms with Crippen molar-refractivity contribution in [3.05, 3.63) is 132 Å². The molecule has 6 rings (SSSR count). The summed E-state index contributed by atoms with van der Waals surface area (Å²) in [5, 5.41) is 0. The average molecular weight is 660 g/mol. The zero-order valence-electron chi connectivity index (χ0n) is 27.3. The molecule has 6 nitrogen and oxygen atoms in total. The lowest BCUT2D eigenvalue weighted by atomic mass is 9.90. The Bertz CT molecular complexity index is 1540. The lowest BCUT2D eigenvalue weighted by molar-refractivity contribution is -0.202. The summed E-state index contributed by atoms with van der Waals surface area (Å²) in [6.07, 6.45) is -2.24. The largest absolute Gasteiger partial charge is 0.419 e. The number of aromatic nitrogens is 1. The molecule has 4 aromatic rings. The molecule has 0 N–H and O–H groups in total. The van der Waals surface area contributed by atoms with E-state index in [1.165, 1.54) is 12.3 Å². The van der Waals surface area contributed by atoms with Crippen LogP contribution in [0.25, 0.3) is 0 Å². The molecule has 9 heteroatoms. The molecule has 254 valence electrons. The van der Waals surface area contributed by atoms with Crippen molar-refractivity contribution < 1.29 is 27.4 Å². The number of halogens is 3. The van der Waals surface area contributed by atoms with Crippen molar-refractivity contribution in [1.29, 1.82) is 0 Å². The normalized spacial score (nSPS) is 23.7. The van der Waals surface area contributed by atoms with Crippen molar-refractivity contribution in [2.24, 2.45) is 5.92 Å². The maximum atomic E-state index is 13.9. The van der Waals surface area contributed by atoms with Gasteiger partial charge in [0.2, 0.25) is 0 Å². The second-order valence-corrected chi connectivity index (χ2v) is 12.9. The molecule has 5 atom stereocenters. The standard InChI is InChI=1S/C39H44F3N3O3/c1-29-36(47-27-31-15-7-3-8-16-31)37(48-28-32-17-9-4-10-18-32)35(46-26-30-13-5-2-6-14-30)25-45(29)24-33-19-12-22-44(23-33)38-34(39(40,41)42)20-11-21-43-38/h2-11,13-18,20-21,29,33,35-37H,12,19,22-28H2,1H3/t29-,33?,35+,36-,37-/m1/s1. The number of hydrogen-bond donors (Lipinski definition) is 0. The molecule has 3 aromatic carbocycles. The lowest BCUT2D eigenvalue weighted by Crippen LogP contribution is -2.63. The highest BCUT2D eigenvalue weighted by molar-refractivity contribution is 5.48. The second kappa shape index (κ2) is 16.1. The van der Waals surface area contributed by atoms with Gasteiger partial charge in [0.05, 0.1) is 31.5 Å². The van der Waals surface area contributed by atoms with Crippen molar-refractivity contribution in [3.8, 4) is 0 Å². The number of nitrogens with zero attached hydrogens (tertiary/aromatic N) is 3. The van der Waals surface area contributed by atoms with Gasteiger partial charge in [-0.15, -0.1) is 0 Å². The number of anilines is 1. The van der Waals surface area contributed by atoms with Gasteiger partial charge in [-0.2, -0.15) is 13.2 Å². The van der Waals surface area contributed by atoms with Gasteiger partial charge in [0.1, 0.15) is 18.0 Å². The van der Waals surface area contributed by atoms with Crippen LogP contribution in [0.3, 0.4) is 0 Å². The molecule has 0 aliphatic carbocycles. The molecule has 1 unspecified atom stereocenters. The lowest BCUT2D eigenvalue weighted by Gasteiger charge is -2.49. The van der Waals surface area contributed by atoms with E-state index < -0.39 is 11.7 Å². The Morgan fingerprint density at radius 3 is 1.85 bits per heavy atom. The zero-order chi connectivity index (χ0) is 33.3. The third-order valence-corrected chi connectivity index (χ3v) is 9.44. The van der Waals surface area contributed by atoms with Gasteiger partial charge in [0, 0.05) is 38.4 Å². The Morgan fingerprint density at radius 1 is 0.708 bits per heavy atom. The van der Waals surface area contributed by atoms with Crippen LogP contribution in [-0.2, 0) is 40.2 Å². The van der Waals surface area contributed by atoms with Gasteiger partial charge in [0.25, 0.3) is 0 Å². The molecule has 0 spiro atoms. The van der Waals surface area contributed by atoms with E-state index in [1.807, 2.05) is 59.5 Å². The van der Waals surface area contributed by atoms with Crippen LogP contribution in [0.1, 0.15) is 42.0 Å². The van der Waals surface area contributed by atoms with Gasteiger partial charge in [-0.05, 0) is 54.5 Å². The first-order valence-electron chi connectivity index (χ1n) is 16.8. The predicted octanol–water partition coefficient (Wildman–Crippen LogP) is 7.78. The highest BCUT2D eigenvalue weighted by atomic mass is 19.4. The smallest absolute Gasteiger partial charge is 0.369 e. The molecule has 3 heterocycles. The van der Waals surface area contributed by atoms with Crippen molar-refractivity contribution in [3.63, 3.8) is 0 Å². The summed E-state index contributed by atoms with van der Waals surface area (Å²) in [7, 11) is 0. The fraction of sp³-hybridized carbons (Fsp3) is 0.410. The van der Waals surface area contributed by atoms with Crippen molar-refractivity contribution >= 4 is 5.82 Å². The molecule has 2 saturated heterocycles. The number of likely N-dealkylation sites (tertiary alicyclic amines) is 1. The Morgan fingerprint density at radius 2 is 1.27 bits per heavy atom. The van der Waals surface area contributed by atoms with Crippen LogP contribution < -0.4 is 4.90 Å². The summed E-state index contributed by atoms with van der Waals surface area (Å²) in [4.78, 5) is 8.39. The van der Waals surface area contributed by atoms with Crippen molar-refractivity contribution in [2.75, 3.05) is 31.1 Å².